The van der Waals surface area contributed by atoms with Crippen molar-refractivity contribution in [3.63, 3.8) is 0 Å². The highest BCUT2D eigenvalue weighted by Crippen LogP contribution is 2.39. The third kappa shape index (κ3) is 6.17. The van der Waals surface area contributed by atoms with Gasteiger partial charge in [-0.1, -0.05) is 46.9 Å². The Morgan fingerprint density at radius 2 is 1.69 bits per heavy atom. The third-order valence-electron chi connectivity index (χ3n) is 6.71. The number of benzene rings is 2. The van der Waals surface area contributed by atoms with Crippen LogP contribution in [0.25, 0.3) is 0 Å². The smallest absolute Gasteiger partial charge is 0.320 e. The molecule has 2 fully saturated rings. The fourth-order valence-corrected chi connectivity index (χ4v) is 6.12. The number of hydrogen-bond donors (Lipinski definition) is 0. The van der Waals surface area contributed by atoms with E-state index in [0.717, 1.165) is 5.56 Å². The van der Waals surface area contributed by atoms with Gasteiger partial charge in [-0.2, -0.15) is 4.31 Å². The number of halogens is 3. The molecule has 190 valence electrons. The zero-order valence-electron chi connectivity index (χ0n) is 19.5. The number of nitrogens with zero attached hydrogens (tertiary/aromatic N) is 3. The molecular weight excluding hydrogens is 533 g/mol. The summed E-state index contributed by atoms with van der Waals surface area (Å²) in [6.07, 6.45) is 0.978. The Balaban J connectivity index is 1.53. The number of likely N-dealkylation sites (tertiary alicyclic amines) is 1. The lowest BCUT2D eigenvalue weighted by molar-refractivity contribution is 0.129. The molecule has 2 aliphatic heterocycles. The van der Waals surface area contributed by atoms with Gasteiger partial charge in [0.25, 0.3) is 0 Å². The maximum absolute atomic E-state index is 13.4. The summed E-state index contributed by atoms with van der Waals surface area (Å²) in [7, 11) is -3.27. The van der Waals surface area contributed by atoms with Gasteiger partial charge in [0.15, 0.2) is 0 Å². The van der Waals surface area contributed by atoms with Crippen LogP contribution in [-0.4, -0.2) is 80.2 Å². The Labute approximate surface area is 221 Å². The van der Waals surface area contributed by atoms with Crippen molar-refractivity contribution in [2.24, 2.45) is 5.92 Å². The highest BCUT2D eigenvalue weighted by Gasteiger charge is 2.42. The highest BCUT2D eigenvalue weighted by atomic mass is 35.5. The molecule has 3 atom stereocenters. The average molecular weight is 561 g/mol. The van der Waals surface area contributed by atoms with E-state index in [2.05, 4.69) is 0 Å². The molecule has 2 aromatic rings. The minimum absolute atomic E-state index is 0.00696. The standard InChI is InChI=1S/C24H28Cl3N3O4S/c1-16(34-19-5-3-4-18(25)13-19)20-14-29(15-21(20)17-6-7-22(26)23(27)12-17)24(31)28-8-10-30(11-9-28)35(2,32)33/h3-7,12-13,16,20-21H,8-11,14-15H2,1-2H3/t16-,20+,21+/m1/s1. The van der Waals surface area contributed by atoms with E-state index in [1.807, 2.05) is 36.1 Å². The van der Waals surface area contributed by atoms with E-state index < -0.39 is 10.0 Å². The van der Waals surface area contributed by atoms with Crippen molar-refractivity contribution < 1.29 is 17.9 Å². The number of carbonyl (C=O) groups excluding carboxylic acids is 1. The van der Waals surface area contributed by atoms with Gasteiger partial charge >= 0.3 is 6.03 Å². The van der Waals surface area contributed by atoms with Crippen molar-refractivity contribution in [1.82, 2.24) is 14.1 Å². The first kappa shape index (κ1) is 26.4. The first-order chi connectivity index (χ1) is 16.5. The normalized spacial score (nSPS) is 22.3. The minimum atomic E-state index is -3.27. The van der Waals surface area contributed by atoms with E-state index >= 15 is 0 Å². The number of hydrogen-bond acceptors (Lipinski definition) is 4. The summed E-state index contributed by atoms with van der Waals surface area (Å²) in [5, 5.41) is 1.53. The van der Waals surface area contributed by atoms with Crippen LogP contribution in [-0.2, 0) is 10.0 Å². The van der Waals surface area contributed by atoms with Gasteiger partial charge in [-0.15, -0.1) is 0 Å². The minimum Gasteiger partial charge on any atom is -0.490 e. The second-order valence-electron chi connectivity index (χ2n) is 9.06. The molecule has 0 unspecified atom stereocenters. The number of sulfonamides is 1. The predicted octanol–water partition coefficient (Wildman–Crippen LogP) is 4.83. The van der Waals surface area contributed by atoms with Crippen LogP contribution in [0.15, 0.2) is 42.5 Å². The van der Waals surface area contributed by atoms with E-state index in [1.165, 1.54) is 10.6 Å². The van der Waals surface area contributed by atoms with Crippen LogP contribution >= 0.6 is 34.8 Å². The fraction of sp³-hybridized carbons (Fsp3) is 0.458. The van der Waals surface area contributed by atoms with Gasteiger partial charge in [0.2, 0.25) is 10.0 Å². The molecule has 0 saturated carbocycles. The molecule has 35 heavy (non-hydrogen) atoms. The zero-order valence-corrected chi connectivity index (χ0v) is 22.6. The Bertz CT molecular complexity index is 1190. The second kappa shape index (κ2) is 10.7. The predicted molar refractivity (Wildman–Crippen MR) is 139 cm³/mol. The second-order valence-corrected chi connectivity index (χ2v) is 12.3. The molecule has 0 aliphatic carbocycles. The summed E-state index contributed by atoms with van der Waals surface area (Å²) < 4.78 is 31.3. The summed E-state index contributed by atoms with van der Waals surface area (Å²) in [6, 6.07) is 12.7. The van der Waals surface area contributed by atoms with Crippen LogP contribution in [0.4, 0.5) is 4.79 Å². The quantitative estimate of drug-likeness (QED) is 0.525. The van der Waals surface area contributed by atoms with Crippen LogP contribution in [0, 0.1) is 5.92 Å². The number of carbonyl (C=O) groups is 1. The molecule has 2 amide bonds. The number of amides is 2. The van der Waals surface area contributed by atoms with E-state index in [0.29, 0.717) is 60.1 Å². The molecule has 7 nitrogen and oxygen atoms in total. The molecule has 0 radical (unpaired) electrons. The molecule has 2 aliphatic rings. The molecule has 2 aromatic carbocycles. The van der Waals surface area contributed by atoms with Crippen molar-refractivity contribution in [1.29, 1.82) is 0 Å². The summed E-state index contributed by atoms with van der Waals surface area (Å²) >= 11 is 18.6. The summed E-state index contributed by atoms with van der Waals surface area (Å²) in [4.78, 5) is 17.0. The summed E-state index contributed by atoms with van der Waals surface area (Å²) in [6.45, 7) is 4.31. The summed E-state index contributed by atoms with van der Waals surface area (Å²) in [5.74, 6) is 0.646. The van der Waals surface area contributed by atoms with E-state index in [1.54, 1.807) is 23.1 Å². The lowest BCUT2D eigenvalue weighted by Crippen LogP contribution is -2.53. The zero-order chi connectivity index (χ0) is 25.3. The Kier molecular flexibility index (Phi) is 8.08. The van der Waals surface area contributed by atoms with Crippen LogP contribution in [0.1, 0.15) is 18.4 Å². The van der Waals surface area contributed by atoms with E-state index in [-0.39, 0.29) is 24.0 Å². The molecule has 0 spiro atoms. The largest absolute Gasteiger partial charge is 0.490 e. The Morgan fingerprint density at radius 1 is 0.971 bits per heavy atom. The van der Waals surface area contributed by atoms with Gasteiger partial charge in [-0.3, -0.25) is 0 Å². The topological polar surface area (TPSA) is 70.2 Å². The molecular formula is C24H28Cl3N3O4S. The molecule has 2 heterocycles. The van der Waals surface area contributed by atoms with Crippen molar-refractivity contribution in [2.45, 2.75) is 18.9 Å². The van der Waals surface area contributed by atoms with Crippen molar-refractivity contribution in [3.05, 3.63) is 63.1 Å². The first-order valence-electron chi connectivity index (χ1n) is 11.4. The first-order valence-corrected chi connectivity index (χ1v) is 14.4. The van der Waals surface area contributed by atoms with Crippen molar-refractivity contribution >= 4 is 50.9 Å². The molecule has 0 bridgehead atoms. The molecule has 11 heteroatoms. The fourth-order valence-electron chi connectivity index (χ4n) is 4.81. The maximum atomic E-state index is 13.4. The van der Waals surface area contributed by atoms with E-state index in [4.69, 9.17) is 39.5 Å². The van der Waals surface area contributed by atoms with Crippen LogP contribution in [0.5, 0.6) is 5.75 Å². The lowest BCUT2D eigenvalue weighted by Gasteiger charge is -2.35. The molecule has 0 aromatic heterocycles. The van der Waals surface area contributed by atoms with E-state index in [9.17, 15) is 13.2 Å². The van der Waals surface area contributed by atoms with Gasteiger partial charge in [0.1, 0.15) is 11.9 Å². The molecule has 4 rings (SSSR count). The summed E-state index contributed by atoms with van der Waals surface area (Å²) in [5.41, 5.74) is 0.989. The van der Waals surface area contributed by atoms with Crippen LogP contribution in [0.2, 0.25) is 15.1 Å². The van der Waals surface area contributed by atoms with Crippen molar-refractivity contribution in [3.8, 4) is 5.75 Å². The van der Waals surface area contributed by atoms with Crippen LogP contribution in [0.3, 0.4) is 0 Å². The van der Waals surface area contributed by atoms with Crippen molar-refractivity contribution in [2.75, 3.05) is 45.5 Å². The van der Waals surface area contributed by atoms with Gasteiger partial charge in [0, 0.05) is 56.1 Å². The average Bonchev–Trinajstić information content (AvgIpc) is 3.26. The number of ether oxygens (including phenoxy) is 1. The van der Waals surface area contributed by atoms with Gasteiger partial charge < -0.3 is 14.5 Å². The van der Waals surface area contributed by atoms with Gasteiger partial charge in [-0.25, -0.2) is 13.2 Å². The maximum Gasteiger partial charge on any atom is 0.320 e. The SMILES string of the molecule is C[C@@H](Oc1cccc(Cl)c1)[C@@H]1CN(C(=O)N2CCN(S(C)(=O)=O)CC2)C[C@H]1c1ccc(Cl)c(Cl)c1. The Morgan fingerprint density at radius 3 is 2.31 bits per heavy atom. The number of rotatable bonds is 5. The number of piperazine rings is 1. The molecule has 0 N–H and O–H groups in total. The van der Waals surface area contributed by atoms with Gasteiger partial charge in [-0.05, 0) is 42.8 Å². The monoisotopic (exact) mass is 559 g/mol. The third-order valence-corrected chi connectivity index (χ3v) is 8.98. The number of urea groups is 1. The highest BCUT2D eigenvalue weighted by molar-refractivity contribution is 7.88. The van der Waals surface area contributed by atoms with Gasteiger partial charge in [0.05, 0.1) is 16.3 Å². The van der Waals surface area contributed by atoms with Crippen LogP contribution < -0.4 is 4.74 Å². The Hall–Kier alpha value is -1.71. The lowest BCUT2D eigenvalue weighted by atomic mass is 9.85. The molecule has 2 saturated heterocycles.